The van der Waals surface area contributed by atoms with Crippen molar-refractivity contribution in [3.63, 3.8) is 0 Å². The van der Waals surface area contributed by atoms with Crippen molar-refractivity contribution in [2.24, 2.45) is 0 Å². The van der Waals surface area contributed by atoms with Gasteiger partial charge in [0, 0.05) is 57.3 Å². The maximum Gasteiger partial charge on any atom is 0.238 e. The average molecular weight is 439 g/mol. The summed E-state index contributed by atoms with van der Waals surface area (Å²) in [5.74, 6) is 2.56. The van der Waals surface area contributed by atoms with Gasteiger partial charge in [0.15, 0.2) is 0 Å². The third-order valence-electron chi connectivity index (χ3n) is 6.14. The molecule has 2 aliphatic rings. The molecule has 0 bridgehead atoms. The van der Waals surface area contributed by atoms with Gasteiger partial charge in [0.2, 0.25) is 11.8 Å². The number of carbonyl (C=O) groups is 2. The van der Waals surface area contributed by atoms with E-state index in [9.17, 15) is 9.59 Å². The van der Waals surface area contributed by atoms with Crippen molar-refractivity contribution in [2.45, 2.75) is 32.2 Å². The number of ether oxygens (including phenoxy) is 1. The molecule has 0 radical (unpaired) electrons. The smallest absolute Gasteiger partial charge is 0.238 e. The van der Waals surface area contributed by atoms with Crippen LogP contribution in [0.3, 0.4) is 0 Å². The Morgan fingerprint density at radius 3 is 2.62 bits per heavy atom. The van der Waals surface area contributed by atoms with E-state index in [-0.39, 0.29) is 17.7 Å². The van der Waals surface area contributed by atoms with Crippen LogP contribution in [0.15, 0.2) is 24.3 Å². The lowest BCUT2D eigenvalue weighted by Gasteiger charge is -2.29. The molecule has 1 saturated heterocycles. The molecular weight excluding hydrogens is 408 g/mol. The topological polar surface area (TPSA) is 99.7 Å². The number of fused-ring (bicyclic) bond motifs is 1. The summed E-state index contributed by atoms with van der Waals surface area (Å²) in [7, 11) is 3.49. The summed E-state index contributed by atoms with van der Waals surface area (Å²) in [5, 5.41) is 6.15. The minimum absolute atomic E-state index is 0.0605. The van der Waals surface area contributed by atoms with E-state index < -0.39 is 0 Å². The zero-order valence-electron chi connectivity index (χ0n) is 18.9. The second-order valence-electron chi connectivity index (χ2n) is 8.29. The van der Waals surface area contributed by atoms with Crippen molar-refractivity contribution < 1.29 is 14.3 Å². The van der Waals surface area contributed by atoms with E-state index in [1.165, 1.54) is 0 Å². The van der Waals surface area contributed by atoms with Gasteiger partial charge >= 0.3 is 0 Å². The zero-order chi connectivity index (χ0) is 22.7. The Kier molecular flexibility index (Phi) is 6.55. The summed E-state index contributed by atoms with van der Waals surface area (Å²) in [4.78, 5) is 37.9. The molecule has 2 N–H and O–H groups in total. The molecule has 170 valence electrons. The van der Waals surface area contributed by atoms with E-state index in [2.05, 4.69) is 15.5 Å². The van der Waals surface area contributed by atoms with Crippen LogP contribution in [-0.4, -0.2) is 71.9 Å². The van der Waals surface area contributed by atoms with E-state index in [4.69, 9.17) is 14.7 Å². The molecule has 0 saturated carbocycles. The molecule has 9 nitrogen and oxygen atoms in total. The highest BCUT2D eigenvalue weighted by atomic mass is 16.5. The van der Waals surface area contributed by atoms with Gasteiger partial charge in [-0.1, -0.05) is 0 Å². The molecule has 3 heterocycles. The minimum Gasteiger partial charge on any atom is -0.497 e. The molecule has 0 unspecified atom stereocenters. The Labute approximate surface area is 188 Å². The predicted molar refractivity (Wildman–Crippen MR) is 122 cm³/mol. The van der Waals surface area contributed by atoms with Crippen LogP contribution in [0.5, 0.6) is 5.75 Å². The number of hydrogen-bond donors (Lipinski definition) is 2. The van der Waals surface area contributed by atoms with E-state index in [0.29, 0.717) is 19.6 Å². The van der Waals surface area contributed by atoms with Gasteiger partial charge in [-0.3, -0.25) is 14.5 Å². The molecule has 2 aliphatic heterocycles. The Balaban J connectivity index is 1.43. The Hall–Kier alpha value is -3.20. The van der Waals surface area contributed by atoms with Crippen LogP contribution in [-0.2, 0) is 22.6 Å². The fraction of sp³-hybridized carbons (Fsp3) is 0.478. The predicted octanol–water partition coefficient (Wildman–Crippen LogP) is 1.86. The molecule has 1 atom stereocenters. The number of likely N-dealkylation sites (tertiary alicyclic amines) is 1. The molecule has 9 heteroatoms. The zero-order valence-corrected chi connectivity index (χ0v) is 18.9. The number of carbonyl (C=O) groups excluding carboxylic acids is 2. The van der Waals surface area contributed by atoms with Gasteiger partial charge in [-0.2, -0.15) is 0 Å². The van der Waals surface area contributed by atoms with Crippen LogP contribution in [0.1, 0.15) is 36.3 Å². The first-order valence-electron chi connectivity index (χ1n) is 11.0. The highest BCUT2D eigenvalue weighted by Gasteiger charge is 2.30. The SMILES string of the molecule is CNc1nc([C@@H]2CCN(C(C)=O)C2)nc2c1CCN(CC(=O)Nc1ccc(OC)cc1)C2. The highest BCUT2D eigenvalue weighted by Crippen LogP contribution is 2.30. The van der Waals surface area contributed by atoms with Crippen LogP contribution in [0.2, 0.25) is 0 Å². The van der Waals surface area contributed by atoms with Crippen LogP contribution in [0.4, 0.5) is 11.5 Å². The van der Waals surface area contributed by atoms with Gasteiger partial charge < -0.3 is 20.3 Å². The third-order valence-corrected chi connectivity index (χ3v) is 6.14. The lowest BCUT2D eigenvalue weighted by molar-refractivity contribution is -0.127. The van der Waals surface area contributed by atoms with Crippen LogP contribution >= 0.6 is 0 Å². The second-order valence-corrected chi connectivity index (χ2v) is 8.29. The second kappa shape index (κ2) is 9.52. The van der Waals surface area contributed by atoms with Crippen LogP contribution in [0.25, 0.3) is 0 Å². The number of anilines is 2. The molecule has 1 aromatic heterocycles. The molecule has 0 aliphatic carbocycles. The molecule has 1 fully saturated rings. The lowest BCUT2D eigenvalue weighted by Crippen LogP contribution is -2.38. The molecule has 4 rings (SSSR count). The first-order chi connectivity index (χ1) is 15.5. The first kappa shape index (κ1) is 22.0. The van der Waals surface area contributed by atoms with Crippen molar-refractivity contribution >= 4 is 23.3 Å². The maximum absolute atomic E-state index is 12.6. The maximum atomic E-state index is 12.6. The van der Waals surface area contributed by atoms with Gasteiger partial charge in [-0.15, -0.1) is 0 Å². The van der Waals surface area contributed by atoms with Crippen molar-refractivity contribution in [3.05, 3.63) is 41.3 Å². The van der Waals surface area contributed by atoms with Gasteiger partial charge in [0.25, 0.3) is 0 Å². The number of amides is 2. The van der Waals surface area contributed by atoms with E-state index in [0.717, 1.165) is 60.3 Å². The van der Waals surface area contributed by atoms with Gasteiger partial charge in [0.1, 0.15) is 17.4 Å². The van der Waals surface area contributed by atoms with Crippen molar-refractivity contribution in [1.82, 2.24) is 19.8 Å². The molecule has 32 heavy (non-hydrogen) atoms. The number of rotatable bonds is 6. The summed E-state index contributed by atoms with van der Waals surface area (Å²) in [6, 6.07) is 7.29. The molecule has 2 aromatic rings. The molecule has 1 aromatic carbocycles. The van der Waals surface area contributed by atoms with Gasteiger partial charge in [0.05, 0.1) is 19.3 Å². The number of methoxy groups -OCH3 is 1. The van der Waals surface area contributed by atoms with Crippen molar-refractivity contribution in [1.29, 1.82) is 0 Å². The minimum atomic E-state index is -0.0605. The average Bonchev–Trinajstić information content (AvgIpc) is 3.29. The molecule has 2 amide bonds. The third kappa shape index (κ3) is 4.83. The van der Waals surface area contributed by atoms with Crippen LogP contribution in [0, 0.1) is 0 Å². The number of hydrogen-bond acceptors (Lipinski definition) is 7. The number of benzene rings is 1. The Morgan fingerprint density at radius 1 is 1.19 bits per heavy atom. The van der Waals surface area contributed by atoms with Gasteiger partial charge in [-0.05, 0) is 37.1 Å². The summed E-state index contributed by atoms with van der Waals surface area (Å²) in [5.41, 5.74) is 2.82. The van der Waals surface area contributed by atoms with E-state index in [1.807, 2.05) is 36.2 Å². The number of nitrogens with one attached hydrogen (secondary N) is 2. The largest absolute Gasteiger partial charge is 0.497 e. The first-order valence-corrected chi connectivity index (χ1v) is 11.0. The summed E-state index contributed by atoms with van der Waals surface area (Å²) < 4.78 is 5.15. The summed E-state index contributed by atoms with van der Waals surface area (Å²) >= 11 is 0. The molecule has 0 spiro atoms. The fourth-order valence-corrected chi connectivity index (χ4v) is 4.36. The Morgan fingerprint density at radius 2 is 1.97 bits per heavy atom. The van der Waals surface area contributed by atoms with Crippen LogP contribution < -0.4 is 15.4 Å². The number of aromatic nitrogens is 2. The monoisotopic (exact) mass is 438 g/mol. The quantitative estimate of drug-likeness (QED) is 0.710. The lowest BCUT2D eigenvalue weighted by atomic mass is 10.0. The fourth-order valence-electron chi connectivity index (χ4n) is 4.36. The normalized spacial score (nSPS) is 18.2. The van der Waals surface area contributed by atoms with E-state index >= 15 is 0 Å². The standard InChI is InChI=1S/C23H30N6O3/c1-15(30)29-11-8-16(12-29)22-26-20-13-28(10-9-19(20)23(24-2)27-22)14-21(31)25-17-4-6-18(32-3)7-5-17/h4-7,16H,8-14H2,1-3H3,(H,25,31)(H,24,26,27)/t16-/m1/s1. The highest BCUT2D eigenvalue weighted by molar-refractivity contribution is 5.92. The summed E-state index contributed by atoms with van der Waals surface area (Å²) in [6.45, 7) is 4.66. The van der Waals surface area contributed by atoms with Gasteiger partial charge in [-0.25, -0.2) is 9.97 Å². The number of nitrogens with zero attached hydrogens (tertiary/aromatic N) is 4. The molecular formula is C23H30N6O3. The van der Waals surface area contributed by atoms with E-state index in [1.54, 1.807) is 14.0 Å². The van der Waals surface area contributed by atoms with Crippen molar-refractivity contribution in [3.8, 4) is 5.75 Å². The summed E-state index contributed by atoms with van der Waals surface area (Å²) in [6.07, 6.45) is 1.65. The Bertz CT molecular complexity index is 994. The van der Waals surface area contributed by atoms with Crippen molar-refractivity contribution in [2.75, 3.05) is 51.0 Å².